The fraction of sp³-hybridized carbons (Fsp3) is 0.200. The molecule has 0 amide bonds. The molecule has 0 radical (unpaired) electrons. The van der Waals surface area contributed by atoms with Gasteiger partial charge in [-0.05, 0) is 60.7 Å². The van der Waals surface area contributed by atoms with Crippen molar-refractivity contribution in [2.24, 2.45) is 0 Å². The van der Waals surface area contributed by atoms with Gasteiger partial charge in [-0.3, -0.25) is 9.36 Å². The van der Waals surface area contributed by atoms with Crippen LogP contribution in [0.15, 0.2) is 59.4 Å². The highest BCUT2D eigenvalue weighted by atomic mass is 32.1. The summed E-state index contributed by atoms with van der Waals surface area (Å²) in [4.78, 5) is 19.8. The van der Waals surface area contributed by atoms with Crippen molar-refractivity contribution in [3.05, 3.63) is 92.3 Å². The molecule has 0 atom stereocenters. The highest BCUT2D eigenvalue weighted by Gasteiger charge is 2.23. The molecule has 2 aromatic carbocycles. The number of allylic oxidation sites excluding steroid dienone is 1. The second kappa shape index (κ2) is 7.58. The minimum Gasteiger partial charge on any atom is -0.489 e. The van der Waals surface area contributed by atoms with Crippen molar-refractivity contribution < 1.29 is 4.74 Å². The van der Waals surface area contributed by atoms with Gasteiger partial charge in [0.05, 0.1) is 5.39 Å². The normalized spacial score (nSPS) is 14.4. The Hall–Kier alpha value is -3.18. The number of nitrogens with zero attached hydrogens (tertiary/aromatic N) is 2. The highest BCUT2D eigenvalue weighted by Crippen LogP contribution is 2.32. The molecule has 1 aliphatic heterocycles. The number of benzene rings is 2. The van der Waals surface area contributed by atoms with E-state index in [1.807, 2.05) is 54.0 Å². The van der Waals surface area contributed by atoms with Crippen LogP contribution in [0.4, 0.5) is 0 Å². The summed E-state index contributed by atoms with van der Waals surface area (Å²) in [5, 5.41) is 0.780. The van der Waals surface area contributed by atoms with Gasteiger partial charge in [-0.25, -0.2) is 4.98 Å². The lowest BCUT2D eigenvalue weighted by atomic mass is 10.1. The molecule has 5 rings (SSSR count). The molecule has 2 aromatic heterocycles. The molecule has 3 heterocycles. The molecule has 0 saturated heterocycles. The summed E-state index contributed by atoms with van der Waals surface area (Å²) in [6.07, 6.45) is 2.95. The monoisotopic (exact) mass is 414 g/mol. The highest BCUT2D eigenvalue weighted by molar-refractivity contribution is 7.18. The van der Waals surface area contributed by atoms with Crippen LogP contribution in [-0.2, 0) is 13.2 Å². The summed E-state index contributed by atoms with van der Waals surface area (Å²) in [5.41, 5.74) is 4.48. The number of hydrogen-bond acceptors (Lipinski definition) is 4. The zero-order chi connectivity index (χ0) is 20.7. The molecule has 1 aliphatic rings. The summed E-state index contributed by atoms with van der Waals surface area (Å²) in [7, 11) is 0. The Bertz CT molecular complexity index is 1320. The molecule has 30 heavy (non-hydrogen) atoms. The van der Waals surface area contributed by atoms with E-state index in [1.54, 1.807) is 11.3 Å². The molecule has 0 bridgehead atoms. The third-order valence-electron chi connectivity index (χ3n) is 5.65. The lowest BCUT2D eigenvalue weighted by molar-refractivity contribution is 0.306. The van der Waals surface area contributed by atoms with Crippen LogP contribution in [0.25, 0.3) is 21.9 Å². The predicted molar refractivity (Wildman–Crippen MR) is 123 cm³/mol. The van der Waals surface area contributed by atoms with Gasteiger partial charge in [-0.2, -0.15) is 0 Å². The number of hydrogen-bond donors (Lipinski definition) is 0. The van der Waals surface area contributed by atoms with Crippen molar-refractivity contribution in [3.63, 3.8) is 0 Å². The van der Waals surface area contributed by atoms with E-state index in [0.29, 0.717) is 13.2 Å². The van der Waals surface area contributed by atoms with Crippen LogP contribution in [0.3, 0.4) is 0 Å². The Labute approximate surface area is 179 Å². The quantitative estimate of drug-likeness (QED) is 0.437. The number of aryl methyl sites for hydroxylation is 2. The first-order valence-electron chi connectivity index (χ1n) is 10.1. The maximum atomic E-state index is 13.0. The Kier molecular flexibility index (Phi) is 4.75. The topological polar surface area (TPSA) is 44.1 Å². The first kappa shape index (κ1) is 18.8. The Morgan fingerprint density at radius 1 is 1.10 bits per heavy atom. The van der Waals surface area contributed by atoms with Crippen molar-refractivity contribution in [2.75, 3.05) is 0 Å². The second-order valence-electron chi connectivity index (χ2n) is 7.62. The van der Waals surface area contributed by atoms with Crippen LogP contribution in [0.1, 0.15) is 33.8 Å². The van der Waals surface area contributed by atoms with E-state index in [4.69, 9.17) is 9.72 Å². The number of rotatable bonds is 4. The van der Waals surface area contributed by atoms with E-state index in [9.17, 15) is 4.79 Å². The molecule has 4 aromatic rings. The van der Waals surface area contributed by atoms with Gasteiger partial charge in [0.25, 0.3) is 5.56 Å². The first-order chi connectivity index (χ1) is 14.6. The number of fused-ring (bicyclic) bond motifs is 2. The summed E-state index contributed by atoms with van der Waals surface area (Å²) in [6, 6.07) is 18.2. The third kappa shape index (κ3) is 3.35. The average Bonchev–Trinajstić information content (AvgIpc) is 3.29. The minimum absolute atomic E-state index is 0.0879. The predicted octanol–water partition coefficient (Wildman–Crippen LogP) is 5.60. The van der Waals surface area contributed by atoms with Gasteiger partial charge in [0.2, 0.25) is 0 Å². The largest absolute Gasteiger partial charge is 0.489 e. The molecule has 0 N–H and O–H groups in total. The average molecular weight is 415 g/mol. The summed E-state index contributed by atoms with van der Waals surface area (Å²) >= 11 is 1.60. The Morgan fingerprint density at radius 2 is 1.87 bits per heavy atom. The van der Waals surface area contributed by atoms with Gasteiger partial charge in [-0.15, -0.1) is 11.3 Å². The van der Waals surface area contributed by atoms with Crippen LogP contribution >= 0.6 is 11.3 Å². The van der Waals surface area contributed by atoms with Crippen molar-refractivity contribution in [1.29, 1.82) is 0 Å². The van der Waals surface area contributed by atoms with Crippen LogP contribution in [0.5, 0.6) is 5.75 Å². The molecule has 0 fully saturated rings. The fourth-order valence-corrected chi connectivity index (χ4v) is 4.88. The standard InChI is InChI=1S/C25H22N2O2S/c1-16-17(2)30-24-22(16)25(28)27-13-12-20(23(27)26-24)14-18-8-10-21(11-9-18)29-15-19-6-4-3-5-7-19/h3-11,14H,12-13,15H2,1-2H3/b20-14+. The van der Waals surface area contributed by atoms with Gasteiger partial charge in [0.1, 0.15) is 23.0 Å². The van der Waals surface area contributed by atoms with Crippen LogP contribution in [0.2, 0.25) is 0 Å². The van der Waals surface area contributed by atoms with Crippen LogP contribution in [0, 0.1) is 13.8 Å². The number of ether oxygens (including phenoxy) is 1. The number of thiophene rings is 1. The Balaban J connectivity index is 1.40. The maximum absolute atomic E-state index is 13.0. The maximum Gasteiger partial charge on any atom is 0.262 e. The van der Waals surface area contributed by atoms with E-state index >= 15 is 0 Å². The lowest BCUT2D eigenvalue weighted by Crippen LogP contribution is -2.20. The molecular formula is C25H22N2O2S. The minimum atomic E-state index is 0.0879. The van der Waals surface area contributed by atoms with E-state index in [1.165, 1.54) is 0 Å². The lowest BCUT2D eigenvalue weighted by Gasteiger charge is -2.07. The van der Waals surface area contributed by atoms with Crippen molar-refractivity contribution in [2.45, 2.75) is 33.4 Å². The fourth-order valence-electron chi connectivity index (χ4n) is 3.86. The SMILES string of the molecule is Cc1sc2nc3n(c(=O)c2c1C)CC/C3=C\c1ccc(OCc2ccccc2)cc1. The van der Waals surface area contributed by atoms with Crippen LogP contribution in [-0.4, -0.2) is 9.55 Å². The zero-order valence-electron chi connectivity index (χ0n) is 17.0. The summed E-state index contributed by atoms with van der Waals surface area (Å²) < 4.78 is 7.70. The van der Waals surface area contributed by atoms with Crippen molar-refractivity contribution in [3.8, 4) is 5.75 Å². The molecule has 5 heteroatoms. The Morgan fingerprint density at radius 3 is 2.63 bits per heavy atom. The van der Waals surface area contributed by atoms with Gasteiger partial charge in [-0.1, -0.05) is 42.5 Å². The molecule has 150 valence electrons. The van der Waals surface area contributed by atoms with E-state index in [2.05, 4.69) is 25.1 Å². The summed E-state index contributed by atoms with van der Waals surface area (Å²) in [5.74, 6) is 1.64. The number of aromatic nitrogens is 2. The van der Waals surface area contributed by atoms with Crippen molar-refractivity contribution in [1.82, 2.24) is 9.55 Å². The second-order valence-corrected chi connectivity index (χ2v) is 8.82. The molecule has 0 spiro atoms. The molecular weight excluding hydrogens is 392 g/mol. The van der Waals surface area contributed by atoms with Gasteiger partial charge in [0.15, 0.2) is 0 Å². The smallest absolute Gasteiger partial charge is 0.262 e. The van der Waals surface area contributed by atoms with E-state index in [0.717, 1.165) is 55.4 Å². The van der Waals surface area contributed by atoms with Gasteiger partial charge in [0, 0.05) is 11.4 Å². The molecule has 4 nitrogen and oxygen atoms in total. The summed E-state index contributed by atoms with van der Waals surface area (Å²) in [6.45, 7) is 5.30. The van der Waals surface area contributed by atoms with E-state index in [-0.39, 0.29) is 5.56 Å². The van der Waals surface area contributed by atoms with Gasteiger partial charge < -0.3 is 4.74 Å². The zero-order valence-corrected chi connectivity index (χ0v) is 17.8. The molecule has 0 unspecified atom stereocenters. The van der Waals surface area contributed by atoms with Crippen LogP contribution < -0.4 is 10.3 Å². The van der Waals surface area contributed by atoms with E-state index < -0.39 is 0 Å². The first-order valence-corrected chi connectivity index (χ1v) is 10.9. The van der Waals surface area contributed by atoms with Crippen molar-refractivity contribution >= 4 is 33.2 Å². The molecule has 0 saturated carbocycles. The third-order valence-corrected chi connectivity index (χ3v) is 6.75. The molecule has 0 aliphatic carbocycles. The van der Waals surface area contributed by atoms with Gasteiger partial charge >= 0.3 is 0 Å².